The Morgan fingerprint density at radius 1 is 1.13 bits per heavy atom. The Morgan fingerprint density at radius 3 is 2.67 bits per heavy atom. The Bertz CT molecular complexity index is 1420. The van der Waals surface area contributed by atoms with E-state index >= 15 is 0 Å². The summed E-state index contributed by atoms with van der Waals surface area (Å²) < 4.78 is 52.5. The topological polar surface area (TPSA) is 103 Å². The maximum absolute atomic E-state index is 12.6. The average molecular weight is 540 g/mol. The van der Waals surface area contributed by atoms with Crippen molar-refractivity contribution in [2.75, 3.05) is 19.0 Å². The molecule has 39 heavy (non-hydrogen) atoms. The van der Waals surface area contributed by atoms with E-state index in [4.69, 9.17) is 9.26 Å². The van der Waals surface area contributed by atoms with Gasteiger partial charge in [0.25, 0.3) is 5.91 Å². The molecule has 9 nitrogen and oxygen atoms in total. The standard InChI is InChI=1S/C27H24F3N5O4/c1-37-20-10-7-18(8-11-20)25(36)32-23-12-9-19(15-31-23)24-33-26(39-34-24)22-6-3-13-35(22)16-17-4-2-5-21(14-17)38-27(28,29)30/h2,4-5,7-12,14-15,22H,3,6,13,16H2,1H3,(H,31,32,36)/t22-/m0/s1. The van der Waals surface area contributed by atoms with Gasteiger partial charge in [0.15, 0.2) is 0 Å². The molecule has 2 aromatic carbocycles. The van der Waals surface area contributed by atoms with Gasteiger partial charge in [-0.15, -0.1) is 13.2 Å². The highest BCUT2D eigenvalue weighted by Gasteiger charge is 2.32. The van der Waals surface area contributed by atoms with Crippen molar-refractivity contribution in [1.29, 1.82) is 0 Å². The second-order valence-corrected chi connectivity index (χ2v) is 8.89. The fourth-order valence-corrected chi connectivity index (χ4v) is 4.39. The number of methoxy groups -OCH3 is 1. The van der Waals surface area contributed by atoms with Crippen LogP contribution >= 0.6 is 0 Å². The van der Waals surface area contributed by atoms with Crippen LogP contribution in [0.4, 0.5) is 19.0 Å². The first-order valence-electron chi connectivity index (χ1n) is 12.1. The van der Waals surface area contributed by atoms with Gasteiger partial charge in [-0.3, -0.25) is 9.69 Å². The van der Waals surface area contributed by atoms with E-state index in [1.807, 2.05) is 0 Å². The number of aromatic nitrogens is 3. The number of nitrogens with one attached hydrogen (secondary N) is 1. The Kier molecular flexibility index (Phi) is 7.46. The van der Waals surface area contributed by atoms with Crippen molar-refractivity contribution in [3.8, 4) is 22.9 Å². The van der Waals surface area contributed by atoms with Crippen LogP contribution in [-0.4, -0.2) is 45.9 Å². The van der Waals surface area contributed by atoms with Gasteiger partial charge < -0.3 is 19.3 Å². The molecule has 1 saturated heterocycles. The highest BCUT2D eigenvalue weighted by Crippen LogP contribution is 2.34. The van der Waals surface area contributed by atoms with E-state index in [1.165, 1.54) is 24.4 Å². The largest absolute Gasteiger partial charge is 0.573 e. The number of amides is 1. The van der Waals surface area contributed by atoms with Crippen LogP contribution in [0.1, 0.15) is 40.7 Å². The molecule has 0 unspecified atom stereocenters. The summed E-state index contributed by atoms with van der Waals surface area (Å²) in [5.41, 5.74) is 1.75. The fraction of sp³-hybridized carbons (Fsp3) is 0.259. The van der Waals surface area contributed by atoms with E-state index in [0.29, 0.717) is 46.5 Å². The number of anilines is 1. The van der Waals surface area contributed by atoms with E-state index in [9.17, 15) is 18.0 Å². The molecule has 4 aromatic rings. The number of halogens is 3. The third kappa shape index (κ3) is 6.52. The van der Waals surface area contributed by atoms with Crippen molar-refractivity contribution < 1.29 is 32.0 Å². The Hall–Kier alpha value is -4.45. The van der Waals surface area contributed by atoms with Gasteiger partial charge in [-0.05, 0) is 73.5 Å². The molecule has 0 spiro atoms. The summed E-state index contributed by atoms with van der Waals surface area (Å²) >= 11 is 0. The molecule has 1 amide bonds. The van der Waals surface area contributed by atoms with Crippen molar-refractivity contribution in [2.24, 2.45) is 0 Å². The van der Waals surface area contributed by atoms with Crippen LogP contribution in [0.25, 0.3) is 11.4 Å². The van der Waals surface area contributed by atoms with Crippen molar-refractivity contribution in [1.82, 2.24) is 20.0 Å². The molecule has 5 rings (SSSR count). The first-order chi connectivity index (χ1) is 18.8. The van der Waals surface area contributed by atoms with Gasteiger partial charge >= 0.3 is 6.36 Å². The number of nitrogens with zero attached hydrogens (tertiary/aromatic N) is 4. The molecule has 1 fully saturated rings. The van der Waals surface area contributed by atoms with E-state index in [1.54, 1.807) is 49.6 Å². The highest BCUT2D eigenvalue weighted by molar-refractivity contribution is 6.03. The normalized spacial score (nSPS) is 15.7. The maximum Gasteiger partial charge on any atom is 0.573 e. The molecule has 0 radical (unpaired) electrons. The molecule has 0 aliphatic carbocycles. The summed E-state index contributed by atoms with van der Waals surface area (Å²) in [6, 6.07) is 15.8. The van der Waals surface area contributed by atoms with E-state index in [0.717, 1.165) is 19.4 Å². The molecule has 3 heterocycles. The SMILES string of the molecule is COc1ccc(C(=O)Nc2ccc(-c3noc([C@@H]4CCCN4Cc4cccc(OC(F)(F)F)c4)n3)cn2)cc1. The number of rotatable bonds is 8. The van der Waals surface area contributed by atoms with Gasteiger partial charge in [-0.1, -0.05) is 17.3 Å². The van der Waals surface area contributed by atoms with E-state index in [-0.39, 0.29) is 17.7 Å². The third-order valence-electron chi connectivity index (χ3n) is 6.22. The molecule has 12 heteroatoms. The molecular weight excluding hydrogens is 515 g/mol. The lowest BCUT2D eigenvalue weighted by Crippen LogP contribution is -2.23. The summed E-state index contributed by atoms with van der Waals surface area (Å²) in [7, 11) is 1.55. The minimum Gasteiger partial charge on any atom is -0.497 e. The molecule has 1 aliphatic heterocycles. The molecule has 2 aromatic heterocycles. The summed E-state index contributed by atoms with van der Waals surface area (Å²) in [5, 5.41) is 6.82. The molecule has 1 atom stereocenters. The second-order valence-electron chi connectivity index (χ2n) is 8.89. The zero-order valence-corrected chi connectivity index (χ0v) is 20.8. The average Bonchev–Trinajstić information content (AvgIpc) is 3.58. The zero-order valence-electron chi connectivity index (χ0n) is 20.8. The predicted octanol–water partition coefficient (Wildman–Crippen LogP) is 5.63. The summed E-state index contributed by atoms with van der Waals surface area (Å²) in [5.74, 6) is 1.21. The van der Waals surface area contributed by atoms with Crippen LogP contribution in [0.2, 0.25) is 0 Å². The number of pyridine rings is 1. The highest BCUT2D eigenvalue weighted by atomic mass is 19.4. The van der Waals surface area contributed by atoms with Crippen LogP contribution in [0.3, 0.4) is 0 Å². The molecule has 0 saturated carbocycles. The number of benzene rings is 2. The number of carbonyl (C=O) groups excluding carboxylic acids is 1. The minimum absolute atomic E-state index is 0.172. The van der Waals surface area contributed by atoms with Crippen molar-refractivity contribution >= 4 is 11.7 Å². The van der Waals surface area contributed by atoms with Gasteiger partial charge in [-0.25, -0.2) is 4.98 Å². The first kappa shape index (κ1) is 26.2. The second kappa shape index (κ2) is 11.1. The maximum atomic E-state index is 12.6. The third-order valence-corrected chi connectivity index (χ3v) is 6.22. The summed E-state index contributed by atoms with van der Waals surface area (Å²) in [6.07, 6.45) is -1.55. The van der Waals surface area contributed by atoms with Crippen molar-refractivity contribution in [2.45, 2.75) is 31.8 Å². The van der Waals surface area contributed by atoms with Crippen LogP contribution in [0, 0.1) is 0 Å². The predicted molar refractivity (Wildman–Crippen MR) is 134 cm³/mol. The number of alkyl halides is 3. The van der Waals surface area contributed by atoms with Crippen LogP contribution in [0.5, 0.6) is 11.5 Å². The lowest BCUT2D eigenvalue weighted by Gasteiger charge is -2.21. The van der Waals surface area contributed by atoms with Crippen molar-refractivity contribution in [3.63, 3.8) is 0 Å². The smallest absolute Gasteiger partial charge is 0.497 e. The Labute approximate surface area is 221 Å². The van der Waals surface area contributed by atoms with E-state index in [2.05, 4.69) is 30.1 Å². The molecule has 202 valence electrons. The molecular formula is C27H24F3N5O4. The number of hydrogen-bond donors (Lipinski definition) is 1. The number of carbonyl (C=O) groups is 1. The van der Waals surface area contributed by atoms with Gasteiger partial charge in [0.2, 0.25) is 11.7 Å². The number of hydrogen-bond acceptors (Lipinski definition) is 8. The summed E-state index contributed by atoms with van der Waals surface area (Å²) in [4.78, 5) is 23.4. The van der Waals surface area contributed by atoms with E-state index < -0.39 is 6.36 Å². The van der Waals surface area contributed by atoms with Crippen LogP contribution < -0.4 is 14.8 Å². The minimum atomic E-state index is -4.75. The van der Waals surface area contributed by atoms with Gasteiger partial charge in [0, 0.05) is 23.9 Å². The Morgan fingerprint density at radius 2 is 1.95 bits per heavy atom. The fourth-order valence-electron chi connectivity index (χ4n) is 4.39. The van der Waals surface area contributed by atoms with Crippen LogP contribution in [-0.2, 0) is 6.54 Å². The molecule has 1 N–H and O–H groups in total. The summed E-state index contributed by atoms with van der Waals surface area (Å²) in [6.45, 7) is 1.14. The first-order valence-corrected chi connectivity index (χ1v) is 12.1. The quantitative estimate of drug-likeness (QED) is 0.308. The van der Waals surface area contributed by atoms with Gasteiger partial charge in [0.05, 0.1) is 13.2 Å². The number of likely N-dealkylation sites (tertiary alicyclic amines) is 1. The monoisotopic (exact) mass is 539 g/mol. The van der Waals surface area contributed by atoms with Crippen molar-refractivity contribution in [3.05, 3.63) is 83.9 Å². The lowest BCUT2D eigenvalue weighted by atomic mass is 10.1. The lowest BCUT2D eigenvalue weighted by molar-refractivity contribution is -0.274. The molecule has 0 bridgehead atoms. The number of ether oxygens (including phenoxy) is 2. The Balaban J connectivity index is 1.23. The molecule has 1 aliphatic rings. The zero-order chi connectivity index (χ0) is 27.4. The van der Waals surface area contributed by atoms with Gasteiger partial charge in [-0.2, -0.15) is 4.98 Å². The van der Waals surface area contributed by atoms with Gasteiger partial charge in [0.1, 0.15) is 17.3 Å². The van der Waals surface area contributed by atoms with Crippen LogP contribution in [0.15, 0.2) is 71.4 Å².